The summed E-state index contributed by atoms with van der Waals surface area (Å²) in [5.74, 6) is -1.44. The van der Waals surface area contributed by atoms with Crippen LogP contribution < -0.4 is 29.6 Å². The van der Waals surface area contributed by atoms with Crippen molar-refractivity contribution in [2.75, 3.05) is 20.8 Å². The van der Waals surface area contributed by atoms with Gasteiger partial charge in [-0.3, -0.25) is 14.4 Å². The average Bonchev–Trinajstić information content (AvgIpc) is 3.77. The highest BCUT2D eigenvalue weighted by atomic mass is 32.2. The number of methoxy groups -OCH3 is 2. The number of pyridine rings is 1. The molecule has 6 rings (SSSR count). The summed E-state index contributed by atoms with van der Waals surface area (Å²) in [6, 6.07) is 19.8. The second-order valence-corrected chi connectivity index (χ2v) is 19.0. The van der Waals surface area contributed by atoms with Crippen LogP contribution in [-0.4, -0.2) is 92.2 Å². The lowest BCUT2D eigenvalue weighted by molar-refractivity contribution is -0.143. The lowest BCUT2D eigenvalue weighted by Gasteiger charge is -2.36. The molecule has 61 heavy (non-hydrogen) atoms. The van der Waals surface area contributed by atoms with Crippen molar-refractivity contribution in [2.45, 2.75) is 88.6 Å². The Morgan fingerprint density at radius 1 is 0.918 bits per heavy atom. The topological polar surface area (TPSA) is 192 Å². The monoisotopic (exact) mass is 855 g/mol. The van der Waals surface area contributed by atoms with E-state index in [-0.39, 0.29) is 24.3 Å². The molecule has 0 bridgehead atoms. The Labute approximate surface area is 356 Å². The van der Waals surface area contributed by atoms with Gasteiger partial charge in [-0.1, -0.05) is 57.2 Å². The molecule has 4 aromatic rings. The Morgan fingerprint density at radius 3 is 2.16 bits per heavy atom. The van der Waals surface area contributed by atoms with E-state index in [1.165, 1.54) is 42.4 Å². The smallest absolute Gasteiger partial charge is 0.408 e. The van der Waals surface area contributed by atoms with Crippen molar-refractivity contribution < 1.29 is 46.5 Å². The van der Waals surface area contributed by atoms with Crippen molar-refractivity contribution in [3.05, 3.63) is 91.5 Å². The second kappa shape index (κ2) is 17.1. The van der Waals surface area contributed by atoms with Gasteiger partial charge in [0.25, 0.3) is 15.9 Å². The Balaban J connectivity index is 1.34. The van der Waals surface area contributed by atoms with Crippen LogP contribution in [0, 0.1) is 11.3 Å². The molecule has 1 saturated heterocycles. The number of likely N-dealkylation sites (tertiary alicyclic amines) is 1. The van der Waals surface area contributed by atoms with Gasteiger partial charge in [-0.05, 0) is 69.0 Å². The summed E-state index contributed by atoms with van der Waals surface area (Å²) >= 11 is 0. The van der Waals surface area contributed by atoms with Crippen LogP contribution in [0.5, 0.6) is 17.2 Å². The zero-order chi connectivity index (χ0) is 44.5. The van der Waals surface area contributed by atoms with Crippen LogP contribution in [0.4, 0.5) is 4.79 Å². The molecule has 2 aliphatic rings. The molecule has 2 fully saturated rings. The fraction of sp³-hybridized carbons (Fsp3) is 0.400. The van der Waals surface area contributed by atoms with Crippen LogP contribution in [0.25, 0.3) is 22.2 Å². The fourth-order valence-corrected chi connectivity index (χ4v) is 8.35. The zero-order valence-electron chi connectivity index (χ0n) is 35.6. The highest BCUT2D eigenvalue weighted by molar-refractivity contribution is 7.90. The average molecular weight is 856 g/mol. The Bertz CT molecular complexity index is 2430. The summed E-state index contributed by atoms with van der Waals surface area (Å²) in [4.78, 5) is 62.5. The normalized spacial score (nSPS) is 20.5. The number of rotatable bonds is 13. The maximum Gasteiger partial charge on any atom is 0.408 e. The minimum Gasteiger partial charge on any atom is -0.497 e. The summed E-state index contributed by atoms with van der Waals surface area (Å²) < 4.78 is 51.7. The lowest BCUT2D eigenvalue weighted by atomic mass is 9.85. The number of benzene rings is 3. The Kier molecular flexibility index (Phi) is 12.4. The number of ether oxygens (including phenoxy) is 4. The predicted molar refractivity (Wildman–Crippen MR) is 228 cm³/mol. The standard InChI is InChI=1S/C45H53N5O10S/c1-10-28-25-45(28,41(53)49-61(55,56)32-19-16-29(57-8)17-20-32)48-39(51)36-23-31(26-50(36)40(52)38(43(2,3)4)47-42(54)60-44(5,6)7)59-37-24-34(27-14-12-11-13-15-27)46-35-22-30(58-9)18-21-33(35)37/h10-22,24,28,31,36,38H,1,23,25-26H2,2-9H3,(H,47,54)(H,48,51)(H,49,53)/t28?,31-,36+,38?,45-/m1/s1. The summed E-state index contributed by atoms with van der Waals surface area (Å²) in [5, 5.41) is 6.18. The first-order valence-electron chi connectivity index (χ1n) is 19.8. The van der Waals surface area contributed by atoms with E-state index >= 15 is 0 Å². The number of sulfonamides is 1. The van der Waals surface area contributed by atoms with E-state index in [4.69, 9.17) is 23.9 Å². The number of carbonyl (C=O) groups is 4. The quantitative estimate of drug-likeness (QED) is 0.138. The summed E-state index contributed by atoms with van der Waals surface area (Å²) in [6.45, 7) is 14.1. The minimum atomic E-state index is -4.37. The molecular weight excluding hydrogens is 803 g/mol. The number of alkyl carbamates (subject to hydrolysis) is 1. The molecule has 1 saturated carbocycles. The maximum atomic E-state index is 14.8. The number of hydrogen-bond donors (Lipinski definition) is 3. The van der Waals surface area contributed by atoms with E-state index in [9.17, 15) is 27.6 Å². The van der Waals surface area contributed by atoms with E-state index < -0.39 is 74.5 Å². The summed E-state index contributed by atoms with van der Waals surface area (Å²) in [5.41, 5.74) is -1.37. The van der Waals surface area contributed by atoms with Crippen molar-refractivity contribution in [2.24, 2.45) is 11.3 Å². The molecule has 3 aromatic carbocycles. The lowest BCUT2D eigenvalue weighted by Crippen LogP contribution is -2.60. The molecule has 2 unspecified atom stereocenters. The van der Waals surface area contributed by atoms with E-state index in [2.05, 4.69) is 21.9 Å². The molecule has 4 amide bonds. The van der Waals surface area contributed by atoms with E-state index in [1.807, 2.05) is 36.4 Å². The largest absolute Gasteiger partial charge is 0.497 e. The van der Waals surface area contributed by atoms with Crippen molar-refractivity contribution in [3.8, 4) is 28.5 Å². The van der Waals surface area contributed by atoms with Crippen LogP contribution in [0.1, 0.15) is 54.4 Å². The number of aromatic nitrogens is 1. The number of nitrogens with zero attached hydrogens (tertiary/aromatic N) is 2. The van der Waals surface area contributed by atoms with Gasteiger partial charge in [0.2, 0.25) is 11.8 Å². The molecule has 324 valence electrons. The van der Waals surface area contributed by atoms with Crippen molar-refractivity contribution in [1.82, 2.24) is 25.2 Å². The molecule has 5 atom stereocenters. The first-order valence-corrected chi connectivity index (χ1v) is 21.3. The van der Waals surface area contributed by atoms with Crippen molar-refractivity contribution in [1.29, 1.82) is 0 Å². The van der Waals surface area contributed by atoms with E-state index in [0.29, 0.717) is 33.8 Å². The molecule has 16 heteroatoms. The molecule has 0 spiro atoms. The first kappa shape index (κ1) is 44.4. The van der Waals surface area contributed by atoms with Crippen LogP contribution in [0.3, 0.4) is 0 Å². The van der Waals surface area contributed by atoms with Crippen LogP contribution in [0.2, 0.25) is 0 Å². The van der Waals surface area contributed by atoms with Gasteiger partial charge in [-0.25, -0.2) is 22.9 Å². The van der Waals surface area contributed by atoms with E-state index in [0.717, 1.165) is 5.56 Å². The highest BCUT2D eigenvalue weighted by Crippen LogP contribution is 2.45. The SMILES string of the molecule is C=CC1C[C@]1(NC(=O)[C@@H]1C[C@@H](Oc2cc(-c3ccccc3)nc3cc(OC)ccc23)CN1C(=O)C(NC(=O)OC(C)(C)C)C(C)(C)C)C(=O)NS(=O)(=O)c1ccc(OC)cc1. The van der Waals surface area contributed by atoms with Gasteiger partial charge < -0.3 is 34.5 Å². The summed E-state index contributed by atoms with van der Waals surface area (Å²) in [7, 11) is -1.37. The van der Waals surface area contributed by atoms with Gasteiger partial charge in [0.1, 0.15) is 46.6 Å². The van der Waals surface area contributed by atoms with Crippen LogP contribution in [-0.2, 0) is 29.1 Å². The number of carbonyl (C=O) groups excluding carboxylic acids is 4. The first-order chi connectivity index (χ1) is 28.7. The molecular formula is C45H53N5O10S. The van der Waals surface area contributed by atoms with Gasteiger partial charge in [-0.2, -0.15) is 0 Å². The molecule has 0 radical (unpaired) electrons. The predicted octanol–water partition coefficient (Wildman–Crippen LogP) is 5.77. The van der Waals surface area contributed by atoms with Gasteiger partial charge in [0.15, 0.2) is 0 Å². The molecule has 1 aliphatic carbocycles. The molecule has 2 heterocycles. The second-order valence-electron chi connectivity index (χ2n) is 17.3. The maximum absolute atomic E-state index is 14.8. The van der Waals surface area contributed by atoms with Crippen molar-refractivity contribution in [3.63, 3.8) is 0 Å². The van der Waals surface area contributed by atoms with Crippen LogP contribution in [0.15, 0.2) is 96.4 Å². The van der Waals surface area contributed by atoms with Gasteiger partial charge in [0.05, 0.1) is 36.9 Å². The van der Waals surface area contributed by atoms with Gasteiger partial charge in [-0.15, -0.1) is 6.58 Å². The molecule has 3 N–H and O–H groups in total. The van der Waals surface area contributed by atoms with Crippen LogP contribution >= 0.6 is 0 Å². The zero-order valence-corrected chi connectivity index (χ0v) is 36.4. The molecule has 1 aromatic heterocycles. The fourth-order valence-electron chi connectivity index (χ4n) is 7.32. The van der Waals surface area contributed by atoms with Crippen molar-refractivity contribution >= 4 is 44.7 Å². The third-order valence-corrected chi connectivity index (χ3v) is 12.0. The summed E-state index contributed by atoms with van der Waals surface area (Å²) in [6.07, 6.45) is -0.0827. The highest BCUT2D eigenvalue weighted by Gasteiger charge is 2.61. The van der Waals surface area contributed by atoms with Gasteiger partial charge in [0, 0.05) is 35.4 Å². The molecule has 15 nitrogen and oxygen atoms in total. The minimum absolute atomic E-state index is 0.0257. The van der Waals surface area contributed by atoms with E-state index in [1.54, 1.807) is 66.9 Å². The Hall–Kier alpha value is -6.16. The number of nitrogens with one attached hydrogen (secondary N) is 3. The van der Waals surface area contributed by atoms with Gasteiger partial charge >= 0.3 is 6.09 Å². The number of hydrogen-bond acceptors (Lipinski definition) is 11. The molecule has 1 aliphatic heterocycles. The number of fused-ring (bicyclic) bond motifs is 1. The third kappa shape index (κ3) is 9.91. The third-order valence-electron chi connectivity index (χ3n) is 10.6. The number of amides is 4. The Morgan fingerprint density at radius 2 is 1.57 bits per heavy atom.